The predicted molar refractivity (Wildman–Crippen MR) is 326 cm³/mol. The first-order valence-electron chi connectivity index (χ1n) is 26.3. The molecule has 0 atom stereocenters. The smallest absolute Gasteiger partial charge is 0.161 e. The number of hydrogen-bond acceptors (Lipinski definition) is 1. The normalized spacial score (nSPS) is 11.9. The zero-order chi connectivity index (χ0) is 52.3. The number of aromatic nitrogens is 1. The molecule has 0 spiro atoms. The molecule has 368 valence electrons. The molecule has 12 aromatic rings. The van der Waals surface area contributed by atoms with Gasteiger partial charge in [-0.05, 0) is 109 Å². The number of benzene rings is 11. The summed E-state index contributed by atoms with van der Waals surface area (Å²) >= 11 is 0. The van der Waals surface area contributed by atoms with Crippen LogP contribution in [0, 0.1) is 5.41 Å². The Morgan fingerprint density at radius 3 is 1.29 bits per heavy atom. The summed E-state index contributed by atoms with van der Waals surface area (Å²) in [6.07, 6.45) is 1.82. The Morgan fingerprint density at radius 2 is 0.792 bits per heavy atom. The Labute approximate surface area is 451 Å². The van der Waals surface area contributed by atoms with Gasteiger partial charge in [0.25, 0.3) is 0 Å². The van der Waals surface area contributed by atoms with Crippen molar-refractivity contribution in [3.8, 4) is 72.4 Å². The molecule has 1 aromatic heterocycles. The fourth-order valence-electron chi connectivity index (χ4n) is 10.6. The van der Waals surface area contributed by atoms with Gasteiger partial charge >= 0.3 is 0 Å². The summed E-state index contributed by atoms with van der Waals surface area (Å²) in [6.45, 7) is 6.98. The molecule has 11 aromatic carbocycles. The maximum absolute atomic E-state index is 10.1. The van der Waals surface area contributed by atoms with Gasteiger partial charge in [-0.2, -0.15) is 0 Å². The van der Waals surface area contributed by atoms with Crippen LogP contribution in [0.1, 0.15) is 43.0 Å². The molecule has 0 amide bonds. The molecule has 1 N–H and O–H groups in total. The number of rotatable bonds is 10. The minimum atomic E-state index is -0.280. The molecule has 0 aliphatic heterocycles. The highest BCUT2D eigenvalue weighted by Gasteiger charge is 2.28. The van der Waals surface area contributed by atoms with Crippen LogP contribution in [0.15, 0.2) is 283 Å². The molecule has 12 rings (SSSR count). The molecular weight excluding hydrogens is 933 g/mol. The third kappa shape index (κ3) is 9.89. The molecule has 0 saturated heterocycles. The van der Waals surface area contributed by atoms with Crippen molar-refractivity contribution >= 4 is 39.7 Å². The van der Waals surface area contributed by atoms with Gasteiger partial charge in [-0.25, -0.2) is 9.98 Å². The lowest BCUT2D eigenvalue weighted by Gasteiger charge is -2.26. The van der Waals surface area contributed by atoms with E-state index in [4.69, 9.17) is 9.98 Å². The monoisotopic (exact) mass is 988 g/mol. The average molecular weight is 989 g/mol. The van der Waals surface area contributed by atoms with Crippen LogP contribution < -0.4 is 0 Å². The molecule has 77 heavy (non-hydrogen) atoms. The van der Waals surface area contributed by atoms with Gasteiger partial charge in [0.1, 0.15) is 0 Å². The molecule has 0 fully saturated rings. The summed E-state index contributed by atoms with van der Waals surface area (Å²) in [4.78, 5) is 10.1. The Hall–Kier alpha value is -9.77. The van der Waals surface area contributed by atoms with E-state index in [-0.39, 0.29) is 11.3 Å². The van der Waals surface area contributed by atoms with Crippen molar-refractivity contribution in [2.45, 2.75) is 26.2 Å². The summed E-state index contributed by atoms with van der Waals surface area (Å²) < 4.78 is 2.53. The highest BCUT2D eigenvalue weighted by molar-refractivity contribution is 6.16. The standard InChI is InChI=1S/C73H56N4/c1-73(2,3)67-48-61(54-30-18-8-19-31-54)45-66-65-44-60(53-28-16-7-17-29-53)42-43-68(65)77(70(66)67)69-63(57-38-34-55(35-39-57)51-24-12-5-13-25-51)46-62(47-64(69)58-40-36-56(37-41-58)52-26-14-6-15-27-52)71(74)76-72(59-32-20-9-21-33-59)75-49-50-22-10-4-11-23-50/h4-49,74H,1-3H3. The van der Waals surface area contributed by atoms with E-state index in [1.165, 1.54) is 22.1 Å². The van der Waals surface area contributed by atoms with Gasteiger partial charge < -0.3 is 4.57 Å². The van der Waals surface area contributed by atoms with Crippen molar-refractivity contribution in [2.24, 2.45) is 9.98 Å². The lowest BCUT2D eigenvalue weighted by Crippen LogP contribution is -2.14. The Bertz CT molecular complexity index is 4010. The summed E-state index contributed by atoms with van der Waals surface area (Å²) in [5, 5.41) is 12.4. The van der Waals surface area contributed by atoms with E-state index >= 15 is 0 Å². The van der Waals surface area contributed by atoms with Gasteiger partial charge in [0.15, 0.2) is 11.7 Å². The maximum atomic E-state index is 10.1. The van der Waals surface area contributed by atoms with Crippen LogP contribution in [-0.4, -0.2) is 22.5 Å². The van der Waals surface area contributed by atoms with Gasteiger partial charge in [0.05, 0.1) is 16.7 Å². The predicted octanol–water partition coefficient (Wildman–Crippen LogP) is 19.0. The van der Waals surface area contributed by atoms with E-state index in [1.807, 2.05) is 66.9 Å². The van der Waals surface area contributed by atoms with Gasteiger partial charge in [0.2, 0.25) is 0 Å². The molecule has 4 nitrogen and oxygen atoms in total. The molecule has 0 aliphatic carbocycles. The number of fused-ring (bicyclic) bond motifs is 3. The summed E-state index contributed by atoms with van der Waals surface area (Å²) in [5.74, 6) is 0.550. The van der Waals surface area contributed by atoms with Gasteiger partial charge in [-0.15, -0.1) is 0 Å². The second-order valence-electron chi connectivity index (χ2n) is 20.6. The third-order valence-corrected chi connectivity index (χ3v) is 14.5. The summed E-state index contributed by atoms with van der Waals surface area (Å²) in [6, 6.07) is 96.4. The number of aliphatic imine (C=N–C) groups is 2. The summed E-state index contributed by atoms with van der Waals surface area (Å²) in [5.41, 5.74) is 19.8. The number of amidine groups is 2. The van der Waals surface area contributed by atoms with E-state index in [9.17, 15) is 5.41 Å². The topological polar surface area (TPSA) is 53.5 Å². The molecular formula is C73H56N4. The minimum Gasteiger partial charge on any atom is -0.308 e. The van der Waals surface area contributed by atoms with Crippen LogP contribution in [0.25, 0.3) is 94.3 Å². The van der Waals surface area contributed by atoms with E-state index in [1.54, 1.807) is 0 Å². The average Bonchev–Trinajstić information content (AvgIpc) is 3.86. The highest BCUT2D eigenvalue weighted by Crippen LogP contribution is 2.47. The SMILES string of the molecule is CC(C)(C)c1cc(-c2ccccc2)cc2c3cc(-c4ccccc4)ccc3n(-c3c(-c4ccc(-c5ccccc5)cc4)cc(C(=N)N=C(N=Cc4ccccc4)c4ccccc4)cc3-c3ccc(-c4ccccc4)cc3)c12. The largest absolute Gasteiger partial charge is 0.308 e. The Morgan fingerprint density at radius 1 is 0.390 bits per heavy atom. The van der Waals surface area contributed by atoms with Crippen molar-refractivity contribution in [3.05, 3.63) is 295 Å². The first-order valence-corrected chi connectivity index (χ1v) is 26.3. The van der Waals surface area contributed by atoms with Crippen molar-refractivity contribution in [3.63, 3.8) is 0 Å². The fourth-order valence-corrected chi connectivity index (χ4v) is 10.6. The van der Waals surface area contributed by atoms with Crippen LogP contribution in [0.2, 0.25) is 0 Å². The van der Waals surface area contributed by atoms with Crippen molar-refractivity contribution in [1.29, 1.82) is 5.41 Å². The first-order chi connectivity index (χ1) is 37.7. The molecule has 0 unspecified atom stereocenters. The molecule has 0 aliphatic rings. The van der Waals surface area contributed by atoms with E-state index < -0.39 is 0 Å². The van der Waals surface area contributed by atoms with Crippen LogP contribution >= 0.6 is 0 Å². The molecule has 0 bridgehead atoms. The fraction of sp³-hybridized carbons (Fsp3) is 0.0548. The van der Waals surface area contributed by atoms with Gasteiger partial charge in [-0.1, -0.05) is 257 Å². The second kappa shape index (κ2) is 20.9. The zero-order valence-corrected chi connectivity index (χ0v) is 43.4. The van der Waals surface area contributed by atoms with E-state index in [0.29, 0.717) is 11.4 Å². The van der Waals surface area contributed by atoms with Gasteiger partial charge in [0, 0.05) is 39.2 Å². The maximum Gasteiger partial charge on any atom is 0.161 e. The Balaban J connectivity index is 1.19. The van der Waals surface area contributed by atoms with Crippen LogP contribution in [0.3, 0.4) is 0 Å². The first kappa shape index (κ1) is 48.2. The third-order valence-electron chi connectivity index (χ3n) is 14.5. The van der Waals surface area contributed by atoms with Crippen molar-refractivity contribution in [1.82, 2.24) is 4.57 Å². The Kier molecular flexibility index (Phi) is 13.1. The quantitative estimate of drug-likeness (QED) is 0.105. The molecule has 0 radical (unpaired) electrons. The number of hydrogen-bond donors (Lipinski definition) is 1. The lowest BCUT2D eigenvalue weighted by molar-refractivity contribution is 0.594. The molecule has 1 heterocycles. The second-order valence-corrected chi connectivity index (χ2v) is 20.6. The van der Waals surface area contributed by atoms with Gasteiger partial charge in [-0.3, -0.25) is 5.41 Å². The molecule has 0 saturated carbocycles. The molecule has 4 heteroatoms. The number of nitrogens with one attached hydrogen (secondary N) is 1. The van der Waals surface area contributed by atoms with Crippen LogP contribution in [-0.2, 0) is 5.41 Å². The minimum absolute atomic E-state index is 0.0996. The van der Waals surface area contributed by atoms with Crippen molar-refractivity contribution < 1.29 is 0 Å². The van der Waals surface area contributed by atoms with E-state index in [0.717, 1.165) is 88.9 Å². The highest BCUT2D eigenvalue weighted by atomic mass is 15.0. The lowest BCUT2D eigenvalue weighted by atomic mass is 9.83. The summed E-state index contributed by atoms with van der Waals surface area (Å²) in [7, 11) is 0. The zero-order valence-electron chi connectivity index (χ0n) is 43.4. The van der Waals surface area contributed by atoms with Crippen LogP contribution in [0.5, 0.6) is 0 Å². The van der Waals surface area contributed by atoms with E-state index in [2.05, 4.69) is 238 Å². The van der Waals surface area contributed by atoms with Crippen molar-refractivity contribution in [2.75, 3.05) is 0 Å². The van der Waals surface area contributed by atoms with Crippen LogP contribution in [0.4, 0.5) is 0 Å². The number of nitrogens with zero attached hydrogens (tertiary/aromatic N) is 3.